The quantitative estimate of drug-likeness (QED) is 0.471. The summed E-state index contributed by atoms with van der Waals surface area (Å²) in [6.07, 6.45) is 0.819. The van der Waals surface area contributed by atoms with Crippen LogP contribution in [0.5, 0.6) is 0 Å². The Labute approximate surface area is 162 Å². The Morgan fingerprint density at radius 1 is 0.960 bits per heavy atom. The van der Waals surface area contributed by atoms with Gasteiger partial charge in [-0.1, -0.05) is 84.0 Å². The fraction of sp³-hybridized carbons (Fsp3) is 0.300. The smallest absolute Gasteiger partial charge is 0.191 e. The predicted molar refractivity (Wildman–Crippen MR) is 108 cm³/mol. The summed E-state index contributed by atoms with van der Waals surface area (Å²) >= 11 is 5.24. The monoisotopic (exact) mass is 415 g/mol. The Morgan fingerprint density at radius 2 is 1.68 bits per heavy atom. The summed E-state index contributed by atoms with van der Waals surface area (Å²) in [5.74, 6) is 2.49. The van der Waals surface area contributed by atoms with Crippen LogP contribution < -0.4 is 0 Å². The van der Waals surface area contributed by atoms with Crippen molar-refractivity contribution in [3.8, 4) is 0 Å². The van der Waals surface area contributed by atoms with Crippen LogP contribution in [0.1, 0.15) is 30.8 Å². The van der Waals surface area contributed by atoms with Crippen LogP contribution in [0, 0.1) is 5.92 Å². The molecule has 0 aliphatic carbocycles. The normalized spacial score (nSPS) is 11.2. The van der Waals surface area contributed by atoms with E-state index < -0.39 is 0 Å². The van der Waals surface area contributed by atoms with Crippen molar-refractivity contribution in [3.63, 3.8) is 0 Å². The van der Waals surface area contributed by atoms with Gasteiger partial charge < -0.3 is 4.57 Å². The van der Waals surface area contributed by atoms with E-state index in [9.17, 15) is 0 Å². The zero-order chi connectivity index (χ0) is 17.6. The van der Waals surface area contributed by atoms with Gasteiger partial charge in [0, 0.05) is 23.2 Å². The van der Waals surface area contributed by atoms with Crippen LogP contribution >= 0.6 is 27.7 Å². The lowest BCUT2D eigenvalue weighted by Crippen LogP contribution is -2.10. The molecule has 3 rings (SSSR count). The van der Waals surface area contributed by atoms with Crippen LogP contribution in [0.2, 0.25) is 0 Å². The number of aromatic nitrogens is 3. The molecule has 5 heteroatoms. The molecule has 3 nitrogen and oxygen atoms in total. The maximum atomic E-state index is 4.48. The minimum absolute atomic E-state index is 0.553. The molecule has 0 saturated heterocycles. The second kappa shape index (κ2) is 8.68. The molecule has 0 amide bonds. The number of halogens is 1. The first-order valence-corrected chi connectivity index (χ1v) is 10.2. The van der Waals surface area contributed by atoms with Gasteiger partial charge in [0.25, 0.3) is 0 Å². The van der Waals surface area contributed by atoms with Gasteiger partial charge in [-0.3, -0.25) is 0 Å². The molecule has 25 heavy (non-hydrogen) atoms. The van der Waals surface area contributed by atoms with E-state index in [2.05, 4.69) is 93.1 Å². The molecule has 0 atom stereocenters. The standard InChI is InChI=1S/C20H22BrN3S/c1-15(2)13-24-19(12-16-6-4-3-5-7-16)22-23-20(24)25-14-17-8-10-18(21)11-9-17/h3-11,15H,12-14H2,1-2H3. The van der Waals surface area contributed by atoms with Crippen LogP contribution in [0.3, 0.4) is 0 Å². The minimum Gasteiger partial charge on any atom is -0.305 e. The van der Waals surface area contributed by atoms with E-state index >= 15 is 0 Å². The second-order valence-corrected chi connectivity index (χ2v) is 8.34. The van der Waals surface area contributed by atoms with Crippen molar-refractivity contribution in [1.82, 2.24) is 14.8 Å². The molecule has 2 aromatic carbocycles. The van der Waals surface area contributed by atoms with Crippen LogP contribution in [0.15, 0.2) is 64.2 Å². The van der Waals surface area contributed by atoms with E-state index in [-0.39, 0.29) is 0 Å². The number of nitrogens with zero attached hydrogens (tertiary/aromatic N) is 3. The summed E-state index contributed by atoms with van der Waals surface area (Å²) in [5.41, 5.74) is 2.56. The Morgan fingerprint density at radius 3 is 2.36 bits per heavy atom. The van der Waals surface area contributed by atoms with Gasteiger partial charge in [-0.25, -0.2) is 0 Å². The lowest BCUT2D eigenvalue weighted by Gasteiger charge is -2.12. The SMILES string of the molecule is CC(C)Cn1c(Cc2ccccc2)nnc1SCc1ccc(Br)cc1. The van der Waals surface area contributed by atoms with Crippen molar-refractivity contribution in [3.05, 3.63) is 76.0 Å². The summed E-state index contributed by atoms with van der Waals surface area (Å²) in [6, 6.07) is 18.9. The first-order valence-electron chi connectivity index (χ1n) is 8.45. The summed E-state index contributed by atoms with van der Waals surface area (Å²) < 4.78 is 3.38. The average molecular weight is 416 g/mol. The molecule has 0 saturated carbocycles. The molecule has 0 N–H and O–H groups in total. The Kier molecular flexibility index (Phi) is 6.32. The molecule has 1 heterocycles. The lowest BCUT2D eigenvalue weighted by atomic mass is 10.1. The number of hydrogen-bond acceptors (Lipinski definition) is 3. The van der Waals surface area contributed by atoms with Gasteiger partial charge in [-0.05, 0) is 29.2 Å². The highest BCUT2D eigenvalue weighted by Gasteiger charge is 2.14. The van der Waals surface area contributed by atoms with Gasteiger partial charge in [0.2, 0.25) is 0 Å². The molecule has 0 bridgehead atoms. The van der Waals surface area contributed by atoms with E-state index in [0.29, 0.717) is 5.92 Å². The molecule has 0 fully saturated rings. The highest BCUT2D eigenvalue weighted by Crippen LogP contribution is 2.24. The third-order valence-electron chi connectivity index (χ3n) is 3.83. The van der Waals surface area contributed by atoms with Crippen LogP contribution in [0.25, 0.3) is 0 Å². The molecule has 3 aromatic rings. The zero-order valence-electron chi connectivity index (χ0n) is 14.5. The molecule has 0 radical (unpaired) electrons. The largest absolute Gasteiger partial charge is 0.305 e. The molecule has 0 spiro atoms. The van der Waals surface area contributed by atoms with E-state index in [1.54, 1.807) is 11.8 Å². The summed E-state index contributed by atoms with van der Waals surface area (Å²) in [7, 11) is 0. The molecular formula is C20H22BrN3S. The Balaban J connectivity index is 1.77. The number of hydrogen-bond donors (Lipinski definition) is 0. The summed E-state index contributed by atoms with van der Waals surface area (Å²) in [5, 5.41) is 9.94. The van der Waals surface area contributed by atoms with Crippen molar-refractivity contribution in [2.24, 2.45) is 5.92 Å². The van der Waals surface area contributed by atoms with E-state index in [1.165, 1.54) is 11.1 Å². The van der Waals surface area contributed by atoms with Crippen LogP contribution in [0.4, 0.5) is 0 Å². The first-order chi connectivity index (χ1) is 12.1. The summed E-state index contributed by atoms with van der Waals surface area (Å²) in [6.45, 7) is 5.41. The van der Waals surface area contributed by atoms with E-state index in [0.717, 1.165) is 34.2 Å². The molecule has 1 aromatic heterocycles. The van der Waals surface area contributed by atoms with E-state index in [1.807, 2.05) is 6.07 Å². The van der Waals surface area contributed by atoms with Crippen molar-refractivity contribution in [2.75, 3.05) is 0 Å². The van der Waals surface area contributed by atoms with Crippen LogP contribution in [-0.2, 0) is 18.7 Å². The van der Waals surface area contributed by atoms with Crippen molar-refractivity contribution in [2.45, 2.75) is 37.7 Å². The molecule has 0 aliphatic rings. The third-order valence-corrected chi connectivity index (χ3v) is 5.39. The number of benzene rings is 2. The molecule has 0 unspecified atom stereocenters. The van der Waals surface area contributed by atoms with Crippen molar-refractivity contribution < 1.29 is 0 Å². The van der Waals surface area contributed by atoms with Gasteiger partial charge in [0.05, 0.1) is 0 Å². The van der Waals surface area contributed by atoms with Crippen molar-refractivity contribution >= 4 is 27.7 Å². The van der Waals surface area contributed by atoms with Crippen molar-refractivity contribution in [1.29, 1.82) is 0 Å². The van der Waals surface area contributed by atoms with Crippen LogP contribution in [-0.4, -0.2) is 14.8 Å². The molecule has 0 aliphatic heterocycles. The minimum atomic E-state index is 0.553. The number of rotatable bonds is 7. The van der Waals surface area contributed by atoms with Gasteiger partial charge in [-0.15, -0.1) is 10.2 Å². The predicted octanol–water partition coefficient (Wildman–Crippen LogP) is 5.58. The Bertz CT molecular complexity index is 798. The highest BCUT2D eigenvalue weighted by molar-refractivity contribution is 9.10. The fourth-order valence-electron chi connectivity index (χ4n) is 2.61. The summed E-state index contributed by atoms with van der Waals surface area (Å²) in [4.78, 5) is 0. The number of thioether (sulfide) groups is 1. The lowest BCUT2D eigenvalue weighted by molar-refractivity contribution is 0.482. The highest BCUT2D eigenvalue weighted by atomic mass is 79.9. The molecule has 130 valence electrons. The zero-order valence-corrected chi connectivity index (χ0v) is 16.9. The Hall–Kier alpha value is -1.59. The topological polar surface area (TPSA) is 30.7 Å². The maximum Gasteiger partial charge on any atom is 0.191 e. The fourth-order valence-corrected chi connectivity index (χ4v) is 3.80. The first kappa shape index (κ1) is 18.2. The average Bonchev–Trinajstić information content (AvgIpc) is 2.96. The molecular weight excluding hydrogens is 394 g/mol. The van der Waals surface area contributed by atoms with Gasteiger partial charge in [0.1, 0.15) is 5.82 Å². The van der Waals surface area contributed by atoms with Gasteiger partial charge in [-0.2, -0.15) is 0 Å². The second-order valence-electron chi connectivity index (χ2n) is 6.48. The van der Waals surface area contributed by atoms with Gasteiger partial charge >= 0.3 is 0 Å². The maximum absolute atomic E-state index is 4.48. The third kappa shape index (κ3) is 5.19. The van der Waals surface area contributed by atoms with E-state index in [4.69, 9.17) is 0 Å². The van der Waals surface area contributed by atoms with Gasteiger partial charge in [0.15, 0.2) is 5.16 Å².